The summed E-state index contributed by atoms with van der Waals surface area (Å²) in [4.78, 5) is 12.0. The van der Waals surface area contributed by atoms with Crippen molar-refractivity contribution in [2.24, 2.45) is 17.6 Å². The molecule has 1 atom stereocenters. The summed E-state index contributed by atoms with van der Waals surface area (Å²) < 4.78 is 0. The van der Waals surface area contributed by atoms with E-state index in [0.717, 1.165) is 19.4 Å². The third-order valence-electron chi connectivity index (χ3n) is 4.05. The minimum absolute atomic E-state index is 0.0287. The van der Waals surface area contributed by atoms with Crippen molar-refractivity contribution < 1.29 is 4.79 Å². The molecule has 0 aromatic rings. The maximum absolute atomic E-state index is 12.0. The second-order valence-electron chi connectivity index (χ2n) is 5.67. The molecule has 3 N–H and O–H groups in total. The van der Waals surface area contributed by atoms with Gasteiger partial charge in [0, 0.05) is 13.1 Å². The van der Waals surface area contributed by atoms with Crippen molar-refractivity contribution >= 4 is 5.91 Å². The van der Waals surface area contributed by atoms with E-state index < -0.39 is 0 Å². The zero-order chi connectivity index (χ0) is 13.2. The van der Waals surface area contributed by atoms with Crippen LogP contribution in [0, 0.1) is 11.8 Å². The maximum atomic E-state index is 12.0. The largest absolute Gasteiger partial charge is 0.356 e. The lowest BCUT2D eigenvalue weighted by molar-refractivity contribution is -0.125. The van der Waals surface area contributed by atoms with Crippen LogP contribution in [-0.2, 0) is 4.79 Å². The van der Waals surface area contributed by atoms with Crippen LogP contribution in [0.5, 0.6) is 0 Å². The van der Waals surface area contributed by atoms with E-state index >= 15 is 0 Å². The quantitative estimate of drug-likeness (QED) is 0.766. The Kier molecular flexibility index (Phi) is 8.06. The van der Waals surface area contributed by atoms with Crippen LogP contribution in [-0.4, -0.2) is 19.0 Å². The highest BCUT2D eigenvalue weighted by molar-refractivity contribution is 5.78. The van der Waals surface area contributed by atoms with Gasteiger partial charge < -0.3 is 11.1 Å². The van der Waals surface area contributed by atoms with Crippen LogP contribution in [0.1, 0.15) is 64.7 Å². The molecule has 0 aliphatic heterocycles. The molecule has 0 saturated heterocycles. The van der Waals surface area contributed by atoms with Gasteiger partial charge in [-0.3, -0.25) is 4.79 Å². The Balaban J connectivity index is 2.37. The Morgan fingerprint density at radius 2 is 1.83 bits per heavy atom. The molecule has 1 saturated carbocycles. The van der Waals surface area contributed by atoms with Crippen LogP contribution in [0.3, 0.4) is 0 Å². The van der Waals surface area contributed by atoms with Crippen LogP contribution in [0.15, 0.2) is 0 Å². The van der Waals surface area contributed by atoms with Crippen LogP contribution in [0.4, 0.5) is 0 Å². The van der Waals surface area contributed by atoms with Crippen molar-refractivity contribution in [2.75, 3.05) is 13.1 Å². The number of hydrogen-bond acceptors (Lipinski definition) is 2. The van der Waals surface area contributed by atoms with E-state index in [2.05, 4.69) is 12.2 Å². The van der Waals surface area contributed by atoms with Crippen molar-refractivity contribution in [1.82, 2.24) is 5.32 Å². The molecule has 0 aromatic heterocycles. The molecule has 3 heteroatoms. The van der Waals surface area contributed by atoms with E-state index in [1.165, 1.54) is 44.9 Å². The molecule has 3 nitrogen and oxygen atoms in total. The normalized spacial score (nSPS) is 19.9. The first-order chi connectivity index (χ1) is 8.77. The second kappa shape index (κ2) is 9.37. The lowest BCUT2D eigenvalue weighted by Crippen LogP contribution is -2.36. The zero-order valence-corrected chi connectivity index (χ0v) is 11.9. The summed E-state index contributed by atoms with van der Waals surface area (Å²) in [7, 11) is 0. The molecule has 1 rings (SSSR count). The minimum Gasteiger partial charge on any atom is -0.356 e. The summed E-state index contributed by atoms with van der Waals surface area (Å²) in [6.07, 6.45) is 11.4. The highest BCUT2D eigenvalue weighted by Crippen LogP contribution is 2.27. The molecular formula is C15H30N2O. The Morgan fingerprint density at radius 1 is 1.22 bits per heavy atom. The van der Waals surface area contributed by atoms with Crippen LogP contribution in [0.25, 0.3) is 0 Å². The van der Waals surface area contributed by atoms with Crippen molar-refractivity contribution in [3.8, 4) is 0 Å². The molecule has 1 unspecified atom stereocenters. The number of nitrogens with two attached hydrogens (primary N) is 1. The van der Waals surface area contributed by atoms with Gasteiger partial charge in [-0.05, 0) is 18.8 Å². The Labute approximate surface area is 112 Å². The van der Waals surface area contributed by atoms with Crippen LogP contribution >= 0.6 is 0 Å². The maximum Gasteiger partial charge on any atom is 0.224 e. The number of nitrogens with one attached hydrogen (secondary N) is 1. The van der Waals surface area contributed by atoms with Gasteiger partial charge in [-0.25, -0.2) is 0 Å². The van der Waals surface area contributed by atoms with E-state index in [4.69, 9.17) is 5.73 Å². The minimum atomic E-state index is 0.0287. The number of amides is 1. The lowest BCUT2D eigenvalue weighted by atomic mass is 9.84. The van der Waals surface area contributed by atoms with E-state index in [1.807, 2.05) is 0 Å². The van der Waals surface area contributed by atoms with Crippen molar-refractivity contribution in [1.29, 1.82) is 0 Å². The molecule has 1 aliphatic rings. The Hall–Kier alpha value is -0.570. The summed E-state index contributed by atoms with van der Waals surface area (Å²) in [5.74, 6) is 0.911. The average Bonchev–Trinajstić information content (AvgIpc) is 2.35. The van der Waals surface area contributed by atoms with E-state index in [-0.39, 0.29) is 11.8 Å². The highest BCUT2D eigenvalue weighted by Gasteiger charge is 2.21. The molecule has 18 heavy (non-hydrogen) atoms. The predicted octanol–water partition coefficient (Wildman–Crippen LogP) is 2.84. The first kappa shape index (κ1) is 15.5. The van der Waals surface area contributed by atoms with Gasteiger partial charge in [-0.15, -0.1) is 0 Å². The molecular weight excluding hydrogens is 224 g/mol. The molecule has 0 bridgehead atoms. The third kappa shape index (κ3) is 5.85. The standard InChI is InChI=1S/C15H30N2O/c1-2-10-17-15(18)14(12-16)11-13-8-6-4-3-5-7-9-13/h13-14H,2-12,16H2,1H3,(H,17,18). The topological polar surface area (TPSA) is 55.1 Å². The van der Waals surface area contributed by atoms with Gasteiger partial charge in [0.15, 0.2) is 0 Å². The van der Waals surface area contributed by atoms with Gasteiger partial charge in [0.25, 0.3) is 0 Å². The van der Waals surface area contributed by atoms with Gasteiger partial charge >= 0.3 is 0 Å². The van der Waals surface area contributed by atoms with Crippen molar-refractivity contribution in [3.63, 3.8) is 0 Å². The molecule has 0 spiro atoms. The van der Waals surface area contributed by atoms with Gasteiger partial charge in [0.2, 0.25) is 5.91 Å². The summed E-state index contributed by atoms with van der Waals surface area (Å²) >= 11 is 0. The average molecular weight is 254 g/mol. The van der Waals surface area contributed by atoms with E-state index in [1.54, 1.807) is 0 Å². The van der Waals surface area contributed by atoms with Gasteiger partial charge in [-0.1, -0.05) is 51.9 Å². The number of carbonyl (C=O) groups excluding carboxylic acids is 1. The zero-order valence-electron chi connectivity index (χ0n) is 11.9. The fraction of sp³-hybridized carbons (Fsp3) is 0.933. The second-order valence-corrected chi connectivity index (χ2v) is 5.67. The van der Waals surface area contributed by atoms with Crippen molar-refractivity contribution in [2.45, 2.75) is 64.7 Å². The fourth-order valence-corrected chi connectivity index (χ4v) is 2.88. The van der Waals surface area contributed by atoms with Crippen LogP contribution in [0.2, 0.25) is 0 Å². The van der Waals surface area contributed by atoms with E-state index in [9.17, 15) is 4.79 Å². The predicted molar refractivity (Wildman–Crippen MR) is 76.3 cm³/mol. The number of hydrogen-bond donors (Lipinski definition) is 2. The summed E-state index contributed by atoms with van der Waals surface area (Å²) in [6.45, 7) is 3.35. The van der Waals surface area contributed by atoms with Crippen molar-refractivity contribution in [3.05, 3.63) is 0 Å². The number of rotatable bonds is 6. The molecule has 1 fully saturated rings. The molecule has 0 heterocycles. The Bertz CT molecular complexity index is 223. The number of carbonyl (C=O) groups is 1. The molecule has 1 aliphatic carbocycles. The fourth-order valence-electron chi connectivity index (χ4n) is 2.88. The monoisotopic (exact) mass is 254 g/mol. The van der Waals surface area contributed by atoms with Crippen LogP contribution < -0.4 is 11.1 Å². The molecule has 0 aromatic carbocycles. The third-order valence-corrected chi connectivity index (χ3v) is 4.05. The summed E-state index contributed by atoms with van der Waals surface area (Å²) in [5, 5.41) is 2.98. The first-order valence-corrected chi connectivity index (χ1v) is 7.75. The Morgan fingerprint density at radius 3 is 2.39 bits per heavy atom. The summed E-state index contributed by atoms with van der Waals surface area (Å²) in [6, 6.07) is 0. The summed E-state index contributed by atoms with van der Waals surface area (Å²) in [5.41, 5.74) is 5.77. The van der Waals surface area contributed by atoms with E-state index in [0.29, 0.717) is 12.5 Å². The smallest absolute Gasteiger partial charge is 0.224 e. The van der Waals surface area contributed by atoms with Gasteiger partial charge in [0.05, 0.1) is 5.92 Å². The molecule has 1 amide bonds. The van der Waals surface area contributed by atoms with Gasteiger partial charge in [0.1, 0.15) is 0 Å². The highest BCUT2D eigenvalue weighted by atomic mass is 16.1. The first-order valence-electron chi connectivity index (χ1n) is 7.75. The molecule has 106 valence electrons. The molecule has 0 radical (unpaired) electrons. The van der Waals surface area contributed by atoms with Gasteiger partial charge in [-0.2, -0.15) is 0 Å². The SMILES string of the molecule is CCCNC(=O)C(CN)CC1CCCCCCC1. The lowest BCUT2D eigenvalue weighted by Gasteiger charge is -2.23.